The number of carbonyl (C=O) groups is 1. The van der Waals surface area contributed by atoms with Gasteiger partial charge in [-0.05, 0) is 25.1 Å². The van der Waals surface area contributed by atoms with Gasteiger partial charge in [-0.15, -0.1) is 0 Å². The Morgan fingerprint density at radius 1 is 1.47 bits per heavy atom. The fraction of sp³-hybridized carbons (Fsp3) is 0.333. The highest BCUT2D eigenvalue weighted by atomic mass is 35.5. The molecule has 1 amide bonds. The lowest BCUT2D eigenvalue weighted by Crippen LogP contribution is -2.37. The van der Waals surface area contributed by atoms with Crippen molar-refractivity contribution in [1.82, 2.24) is 4.90 Å². The van der Waals surface area contributed by atoms with Gasteiger partial charge in [-0.1, -0.05) is 28.4 Å². The van der Waals surface area contributed by atoms with Crippen molar-refractivity contribution in [2.75, 3.05) is 7.05 Å². The van der Waals surface area contributed by atoms with Crippen LogP contribution in [0.4, 0.5) is 0 Å². The molecular formula is C12H15Cl2N3O2. The molecule has 0 aliphatic heterocycles. The highest BCUT2D eigenvalue weighted by Gasteiger charge is 2.19. The number of oxime groups is 1. The number of hydrogen-bond acceptors (Lipinski definition) is 3. The van der Waals surface area contributed by atoms with Gasteiger partial charge in [0.25, 0.3) is 5.91 Å². The third-order valence-electron chi connectivity index (χ3n) is 2.78. The van der Waals surface area contributed by atoms with Crippen molar-refractivity contribution >= 4 is 34.9 Å². The number of hydrogen-bond donors (Lipinski definition) is 2. The third-order valence-corrected chi connectivity index (χ3v) is 3.52. The minimum absolute atomic E-state index is 0.0706. The monoisotopic (exact) mass is 303 g/mol. The molecule has 0 spiro atoms. The second-order valence-corrected chi connectivity index (χ2v) is 5.00. The molecule has 19 heavy (non-hydrogen) atoms. The lowest BCUT2D eigenvalue weighted by atomic mass is 10.1. The first-order valence-electron chi connectivity index (χ1n) is 5.55. The molecule has 0 aromatic heterocycles. The Morgan fingerprint density at radius 3 is 2.63 bits per heavy atom. The molecule has 7 heteroatoms. The van der Waals surface area contributed by atoms with Crippen molar-refractivity contribution in [2.24, 2.45) is 10.9 Å². The van der Waals surface area contributed by atoms with Crippen LogP contribution in [0, 0.1) is 0 Å². The maximum Gasteiger partial charge on any atom is 0.253 e. The van der Waals surface area contributed by atoms with Crippen molar-refractivity contribution in [3.8, 4) is 0 Å². The van der Waals surface area contributed by atoms with Crippen LogP contribution in [0.5, 0.6) is 0 Å². The summed E-state index contributed by atoms with van der Waals surface area (Å²) >= 11 is 11.7. The van der Waals surface area contributed by atoms with Gasteiger partial charge < -0.3 is 15.8 Å². The highest BCUT2D eigenvalue weighted by Crippen LogP contribution is 2.23. The van der Waals surface area contributed by atoms with Gasteiger partial charge in [0.1, 0.15) is 5.84 Å². The fourth-order valence-corrected chi connectivity index (χ4v) is 1.81. The van der Waals surface area contributed by atoms with Crippen LogP contribution in [0.1, 0.15) is 23.7 Å². The molecule has 1 aromatic carbocycles. The van der Waals surface area contributed by atoms with Crippen molar-refractivity contribution < 1.29 is 10.0 Å². The number of nitrogens with zero attached hydrogens (tertiary/aromatic N) is 2. The molecule has 0 saturated carbocycles. The Bertz CT molecular complexity index is 506. The van der Waals surface area contributed by atoms with Gasteiger partial charge >= 0.3 is 0 Å². The molecule has 0 aliphatic carbocycles. The number of nitrogens with two attached hydrogens (primary N) is 1. The smallest absolute Gasteiger partial charge is 0.253 e. The van der Waals surface area contributed by atoms with E-state index in [4.69, 9.17) is 34.1 Å². The number of amidine groups is 1. The Morgan fingerprint density at radius 2 is 2.11 bits per heavy atom. The largest absolute Gasteiger partial charge is 0.409 e. The summed E-state index contributed by atoms with van der Waals surface area (Å²) in [6.45, 7) is 1.80. The molecule has 0 radical (unpaired) electrons. The SMILES string of the molecule is CC(CC(N)=NO)N(C)C(=O)c1ccc(Cl)c(Cl)c1. The first-order valence-corrected chi connectivity index (χ1v) is 6.31. The predicted octanol–water partition coefficient (Wildman–Crippen LogP) is 2.59. The van der Waals surface area contributed by atoms with Crippen LogP contribution in [0.15, 0.2) is 23.4 Å². The summed E-state index contributed by atoms with van der Waals surface area (Å²) in [5.41, 5.74) is 5.85. The Kier molecular flexibility index (Phi) is 5.44. The molecule has 3 N–H and O–H groups in total. The molecule has 1 rings (SSSR count). The molecule has 1 unspecified atom stereocenters. The third kappa shape index (κ3) is 4.01. The van der Waals surface area contributed by atoms with Crippen LogP contribution >= 0.6 is 23.2 Å². The van der Waals surface area contributed by atoms with Crippen molar-refractivity contribution in [1.29, 1.82) is 0 Å². The fourth-order valence-electron chi connectivity index (χ4n) is 1.51. The second-order valence-electron chi connectivity index (χ2n) is 4.19. The lowest BCUT2D eigenvalue weighted by molar-refractivity contribution is 0.0747. The van der Waals surface area contributed by atoms with E-state index in [-0.39, 0.29) is 24.2 Å². The van der Waals surface area contributed by atoms with E-state index in [1.165, 1.54) is 11.0 Å². The lowest BCUT2D eigenvalue weighted by Gasteiger charge is -2.24. The molecule has 1 aromatic rings. The average Bonchev–Trinajstić information content (AvgIpc) is 2.39. The normalized spacial score (nSPS) is 13.2. The first-order chi connectivity index (χ1) is 8.86. The minimum Gasteiger partial charge on any atom is -0.409 e. The zero-order valence-corrected chi connectivity index (χ0v) is 12.1. The first kappa shape index (κ1) is 15.6. The minimum atomic E-state index is -0.211. The van der Waals surface area contributed by atoms with E-state index < -0.39 is 0 Å². The van der Waals surface area contributed by atoms with Gasteiger partial charge in [-0.3, -0.25) is 4.79 Å². The molecule has 0 fully saturated rings. The average molecular weight is 304 g/mol. The van der Waals surface area contributed by atoms with Crippen LogP contribution in [0.25, 0.3) is 0 Å². The van der Waals surface area contributed by atoms with E-state index in [2.05, 4.69) is 5.16 Å². The van der Waals surface area contributed by atoms with Crippen molar-refractivity contribution in [3.05, 3.63) is 33.8 Å². The van der Waals surface area contributed by atoms with Crippen LogP contribution < -0.4 is 5.73 Å². The topological polar surface area (TPSA) is 78.9 Å². The van der Waals surface area contributed by atoms with Gasteiger partial charge in [0, 0.05) is 25.1 Å². The maximum absolute atomic E-state index is 12.2. The van der Waals surface area contributed by atoms with Gasteiger partial charge in [-0.25, -0.2) is 0 Å². The van der Waals surface area contributed by atoms with E-state index in [0.29, 0.717) is 15.6 Å². The zero-order chi connectivity index (χ0) is 14.6. The van der Waals surface area contributed by atoms with Crippen LogP contribution in [-0.2, 0) is 0 Å². The van der Waals surface area contributed by atoms with Gasteiger partial charge in [0.05, 0.1) is 10.0 Å². The van der Waals surface area contributed by atoms with E-state index >= 15 is 0 Å². The maximum atomic E-state index is 12.2. The number of carbonyl (C=O) groups excluding carboxylic acids is 1. The van der Waals surface area contributed by atoms with Crippen molar-refractivity contribution in [3.63, 3.8) is 0 Å². The Labute approximate surface area is 121 Å². The van der Waals surface area contributed by atoms with Crippen LogP contribution in [0.3, 0.4) is 0 Å². The Balaban J connectivity index is 2.84. The quantitative estimate of drug-likeness (QED) is 0.388. The van der Waals surface area contributed by atoms with E-state index in [9.17, 15) is 4.79 Å². The molecule has 5 nitrogen and oxygen atoms in total. The molecule has 0 saturated heterocycles. The zero-order valence-electron chi connectivity index (χ0n) is 10.6. The molecule has 0 heterocycles. The molecule has 104 valence electrons. The predicted molar refractivity (Wildman–Crippen MR) is 76.0 cm³/mol. The number of benzene rings is 1. The highest BCUT2D eigenvalue weighted by molar-refractivity contribution is 6.42. The number of halogens is 2. The summed E-state index contributed by atoms with van der Waals surface area (Å²) in [5, 5.41) is 12.1. The Hall–Kier alpha value is -1.46. The summed E-state index contributed by atoms with van der Waals surface area (Å²) in [6, 6.07) is 4.47. The standard InChI is InChI=1S/C12H15Cl2N3O2/c1-7(5-11(15)16-19)17(2)12(18)8-3-4-9(13)10(14)6-8/h3-4,6-7,19H,5H2,1-2H3,(H2,15,16). The summed E-state index contributed by atoms with van der Waals surface area (Å²) in [4.78, 5) is 13.7. The van der Waals surface area contributed by atoms with Gasteiger partial charge in [-0.2, -0.15) is 0 Å². The molecule has 1 atom stereocenters. The molecule has 0 bridgehead atoms. The van der Waals surface area contributed by atoms with Gasteiger partial charge in [0.2, 0.25) is 0 Å². The summed E-state index contributed by atoms with van der Waals surface area (Å²) < 4.78 is 0. The van der Waals surface area contributed by atoms with Gasteiger partial charge in [0.15, 0.2) is 0 Å². The second kappa shape index (κ2) is 6.63. The number of amides is 1. The molecule has 0 aliphatic rings. The van der Waals surface area contributed by atoms with E-state index in [1.54, 1.807) is 26.1 Å². The summed E-state index contributed by atoms with van der Waals surface area (Å²) in [7, 11) is 1.64. The number of rotatable bonds is 4. The van der Waals surface area contributed by atoms with Crippen LogP contribution in [-0.4, -0.2) is 34.9 Å². The van der Waals surface area contributed by atoms with Crippen molar-refractivity contribution in [2.45, 2.75) is 19.4 Å². The summed E-state index contributed by atoms with van der Waals surface area (Å²) in [6.07, 6.45) is 0.278. The summed E-state index contributed by atoms with van der Waals surface area (Å²) in [5.74, 6) is -0.141. The van der Waals surface area contributed by atoms with Crippen LogP contribution in [0.2, 0.25) is 10.0 Å². The molecular weight excluding hydrogens is 289 g/mol. The van der Waals surface area contributed by atoms with E-state index in [0.717, 1.165) is 0 Å². The van der Waals surface area contributed by atoms with E-state index in [1.807, 2.05) is 0 Å².